The molecule has 128 valence electrons. The van der Waals surface area contributed by atoms with Crippen LogP contribution in [0.1, 0.15) is 58.6 Å². The molecule has 1 heterocycles. The third kappa shape index (κ3) is 4.71. The average molecular weight is 318 g/mol. The van der Waals surface area contributed by atoms with Crippen molar-refractivity contribution in [3.05, 3.63) is 29.8 Å². The second-order valence-corrected chi connectivity index (χ2v) is 6.58. The van der Waals surface area contributed by atoms with Crippen molar-refractivity contribution >= 4 is 5.91 Å². The number of piperidine rings is 1. The third-order valence-electron chi connectivity index (χ3n) is 4.54. The van der Waals surface area contributed by atoms with Crippen molar-refractivity contribution in [2.45, 2.75) is 65.1 Å². The van der Waals surface area contributed by atoms with Crippen molar-refractivity contribution in [3.8, 4) is 5.75 Å². The maximum Gasteiger partial charge on any atom is 0.237 e. The number of rotatable bonds is 6. The summed E-state index contributed by atoms with van der Waals surface area (Å²) in [7, 11) is 0. The molecule has 0 aliphatic carbocycles. The maximum absolute atomic E-state index is 12.7. The summed E-state index contributed by atoms with van der Waals surface area (Å²) in [5, 5.41) is 3.18. The highest BCUT2D eigenvalue weighted by Crippen LogP contribution is 2.22. The molecular formula is C19H30N2O2. The van der Waals surface area contributed by atoms with Gasteiger partial charge >= 0.3 is 0 Å². The SMILES string of the molecule is CCOc1cccc(C(C)NC(=O)C2CCCCN2C(C)C)c1. The molecule has 2 atom stereocenters. The summed E-state index contributed by atoms with van der Waals surface area (Å²) >= 11 is 0. The first-order valence-electron chi connectivity index (χ1n) is 8.81. The molecule has 1 fully saturated rings. The Morgan fingerprint density at radius 2 is 2.13 bits per heavy atom. The molecule has 2 rings (SSSR count). The lowest BCUT2D eigenvalue weighted by atomic mass is 9.99. The summed E-state index contributed by atoms with van der Waals surface area (Å²) in [5.74, 6) is 1.00. The Labute approximate surface area is 140 Å². The molecule has 1 aromatic carbocycles. The van der Waals surface area contributed by atoms with Crippen LogP contribution < -0.4 is 10.1 Å². The van der Waals surface area contributed by atoms with Gasteiger partial charge in [0.05, 0.1) is 18.7 Å². The molecule has 0 bridgehead atoms. The monoisotopic (exact) mass is 318 g/mol. The van der Waals surface area contributed by atoms with Gasteiger partial charge in [0, 0.05) is 6.04 Å². The Balaban J connectivity index is 2.02. The highest BCUT2D eigenvalue weighted by atomic mass is 16.5. The van der Waals surface area contributed by atoms with Gasteiger partial charge in [0.25, 0.3) is 0 Å². The van der Waals surface area contributed by atoms with Crippen LogP contribution in [-0.4, -0.2) is 36.0 Å². The quantitative estimate of drug-likeness (QED) is 0.872. The molecule has 1 N–H and O–H groups in total. The van der Waals surface area contributed by atoms with Gasteiger partial charge in [-0.05, 0) is 64.8 Å². The van der Waals surface area contributed by atoms with E-state index < -0.39 is 0 Å². The molecule has 4 heteroatoms. The van der Waals surface area contributed by atoms with E-state index in [9.17, 15) is 4.79 Å². The number of amides is 1. The number of hydrogen-bond acceptors (Lipinski definition) is 3. The van der Waals surface area contributed by atoms with E-state index in [2.05, 4.69) is 24.1 Å². The van der Waals surface area contributed by atoms with E-state index in [1.807, 2.05) is 38.1 Å². The highest BCUT2D eigenvalue weighted by molar-refractivity contribution is 5.82. The first-order valence-corrected chi connectivity index (χ1v) is 8.81. The summed E-state index contributed by atoms with van der Waals surface area (Å²) in [6.07, 6.45) is 3.28. The smallest absolute Gasteiger partial charge is 0.237 e. The van der Waals surface area contributed by atoms with Gasteiger partial charge in [0.15, 0.2) is 0 Å². The van der Waals surface area contributed by atoms with Gasteiger partial charge in [-0.1, -0.05) is 18.6 Å². The van der Waals surface area contributed by atoms with Crippen LogP contribution in [0.3, 0.4) is 0 Å². The number of carbonyl (C=O) groups is 1. The minimum Gasteiger partial charge on any atom is -0.494 e. The molecule has 0 spiro atoms. The fourth-order valence-electron chi connectivity index (χ4n) is 3.29. The molecule has 1 aliphatic heterocycles. The molecule has 1 aliphatic rings. The third-order valence-corrected chi connectivity index (χ3v) is 4.54. The van der Waals surface area contributed by atoms with Gasteiger partial charge in [-0.3, -0.25) is 9.69 Å². The van der Waals surface area contributed by atoms with E-state index in [4.69, 9.17) is 4.74 Å². The van der Waals surface area contributed by atoms with Gasteiger partial charge in [0.2, 0.25) is 5.91 Å². The lowest BCUT2D eigenvalue weighted by molar-refractivity contribution is -0.129. The predicted octanol–water partition coefficient (Wildman–Crippen LogP) is 3.53. The average Bonchev–Trinajstić information content (AvgIpc) is 2.55. The van der Waals surface area contributed by atoms with Crippen LogP contribution in [0.25, 0.3) is 0 Å². The number of benzene rings is 1. The van der Waals surface area contributed by atoms with Crippen molar-refractivity contribution in [2.75, 3.05) is 13.2 Å². The zero-order valence-corrected chi connectivity index (χ0v) is 14.8. The van der Waals surface area contributed by atoms with E-state index in [1.165, 1.54) is 6.42 Å². The summed E-state index contributed by atoms with van der Waals surface area (Å²) in [6.45, 7) is 10.0. The number of likely N-dealkylation sites (tertiary alicyclic amines) is 1. The van der Waals surface area contributed by atoms with Gasteiger partial charge in [-0.2, -0.15) is 0 Å². The van der Waals surface area contributed by atoms with Crippen LogP contribution in [-0.2, 0) is 4.79 Å². The summed E-state index contributed by atoms with van der Waals surface area (Å²) in [4.78, 5) is 15.0. The summed E-state index contributed by atoms with van der Waals surface area (Å²) in [5.41, 5.74) is 1.08. The number of ether oxygens (including phenoxy) is 1. The lowest BCUT2D eigenvalue weighted by Crippen LogP contribution is -2.52. The molecule has 1 saturated heterocycles. The second kappa shape index (κ2) is 8.34. The molecule has 1 aromatic rings. The predicted molar refractivity (Wildman–Crippen MR) is 93.6 cm³/mol. The zero-order chi connectivity index (χ0) is 16.8. The fourth-order valence-corrected chi connectivity index (χ4v) is 3.29. The maximum atomic E-state index is 12.7. The minimum atomic E-state index is -0.0150. The van der Waals surface area contributed by atoms with Crippen LogP contribution in [0.15, 0.2) is 24.3 Å². The standard InChI is InChI=1S/C19H30N2O2/c1-5-23-17-10-8-9-16(13-17)15(4)20-19(22)18-11-6-7-12-21(18)14(2)3/h8-10,13-15,18H,5-7,11-12H2,1-4H3,(H,20,22). The largest absolute Gasteiger partial charge is 0.494 e. The highest BCUT2D eigenvalue weighted by Gasteiger charge is 2.30. The van der Waals surface area contributed by atoms with Crippen LogP contribution in [0.5, 0.6) is 5.75 Å². The van der Waals surface area contributed by atoms with E-state index in [0.29, 0.717) is 12.6 Å². The topological polar surface area (TPSA) is 41.6 Å². The fraction of sp³-hybridized carbons (Fsp3) is 0.632. The molecular weight excluding hydrogens is 288 g/mol. The van der Waals surface area contributed by atoms with Crippen LogP contribution in [0, 0.1) is 0 Å². The Kier molecular flexibility index (Phi) is 6.46. The number of nitrogens with one attached hydrogen (secondary N) is 1. The number of carbonyl (C=O) groups excluding carboxylic acids is 1. The minimum absolute atomic E-state index is 0.00118. The van der Waals surface area contributed by atoms with Crippen LogP contribution in [0.4, 0.5) is 0 Å². The molecule has 2 unspecified atom stereocenters. The Morgan fingerprint density at radius 1 is 1.35 bits per heavy atom. The number of nitrogens with zero attached hydrogens (tertiary/aromatic N) is 1. The van der Waals surface area contributed by atoms with Crippen molar-refractivity contribution in [1.82, 2.24) is 10.2 Å². The molecule has 1 amide bonds. The molecule has 0 radical (unpaired) electrons. The van der Waals surface area contributed by atoms with Crippen LogP contribution >= 0.6 is 0 Å². The van der Waals surface area contributed by atoms with Crippen molar-refractivity contribution in [2.24, 2.45) is 0 Å². The zero-order valence-electron chi connectivity index (χ0n) is 14.8. The summed E-state index contributed by atoms with van der Waals surface area (Å²) in [6, 6.07) is 8.36. The first kappa shape index (κ1) is 17.8. The lowest BCUT2D eigenvalue weighted by Gasteiger charge is -2.38. The van der Waals surface area contributed by atoms with Gasteiger partial charge < -0.3 is 10.1 Å². The van der Waals surface area contributed by atoms with E-state index in [-0.39, 0.29) is 18.0 Å². The van der Waals surface area contributed by atoms with E-state index in [0.717, 1.165) is 30.7 Å². The first-order chi connectivity index (χ1) is 11.0. The van der Waals surface area contributed by atoms with Crippen molar-refractivity contribution in [3.63, 3.8) is 0 Å². The number of hydrogen-bond donors (Lipinski definition) is 1. The Hall–Kier alpha value is -1.55. The molecule has 23 heavy (non-hydrogen) atoms. The Bertz CT molecular complexity index is 516. The van der Waals surface area contributed by atoms with Crippen molar-refractivity contribution in [1.29, 1.82) is 0 Å². The Morgan fingerprint density at radius 3 is 2.83 bits per heavy atom. The molecule has 0 aromatic heterocycles. The summed E-state index contributed by atoms with van der Waals surface area (Å²) < 4.78 is 5.55. The van der Waals surface area contributed by atoms with Gasteiger partial charge in [-0.25, -0.2) is 0 Å². The normalized spacial score (nSPS) is 20.3. The van der Waals surface area contributed by atoms with Gasteiger partial charge in [-0.15, -0.1) is 0 Å². The molecule has 0 saturated carbocycles. The van der Waals surface area contributed by atoms with Gasteiger partial charge in [0.1, 0.15) is 5.75 Å². The van der Waals surface area contributed by atoms with Crippen molar-refractivity contribution < 1.29 is 9.53 Å². The van der Waals surface area contributed by atoms with Crippen LogP contribution in [0.2, 0.25) is 0 Å². The van der Waals surface area contributed by atoms with E-state index >= 15 is 0 Å². The second-order valence-electron chi connectivity index (χ2n) is 6.58. The van der Waals surface area contributed by atoms with E-state index in [1.54, 1.807) is 0 Å². The molecule has 4 nitrogen and oxygen atoms in total.